The number of nitrogens with zero attached hydrogens (tertiary/aromatic N) is 5. The lowest BCUT2D eigenvalue weighted by Crippen LogP contribution is -2.50. The number of amides is 1. The van der Waals surface area contributed by atoms with E-state index in [0.717, 1.165) is 0 Å². The number of aromatic nitrogens is 3. The van der Waals surface area contributed by atoms with Gasteiger partial charge in [-0.25, -0.2) is 14.4 Å². The summed E-state index contributed by atoms with van der Waals surface area (Å²) in [6.07, 6.45) is 1.61. The largest absolute Gasteiger partial charge is 0.366 e. The number of rotatable bonds is 4. The van der Waals surface area contributed by atoms with Crippen LogP contribution in [0.1, 0.15) is 24.3 Å². The molecule has 156 valence electrons. The summed E-state index contributed by atoms with van der Waals surface area (Å²) in [5, 5.41) is 0. The summed E-state index contributed by atoms with van der Waals surface area (Å²) < 4.78 is 15.6. The van der Waals surface area contributed by atoms with Crippen LogP contribution in [0.25, 0.3) is 11.2 Å². The first-order valence-electron chi connectivity index (χ1n) is 10.1. The molecule has 1 amide bonds. The average Bonchev–Trinajstić information content (AvgIpc) is 2.75. The molecule has 3 aromatic rings. The highest BCUT2D eigenvalue weighted by molar-refractivity contribution is 5.93. The van der Waals surface area contributed by atoms with Gasteiger partial charge in [-0.15, -0.1) is 0 Å². The number of halogens is 1. The molecule has 0 radical (unpaired) electrons. The number of anilines is 1. The second kappa shape index (κ2) is 8.22. The van der Waals surface area contributed by atoms with Crippen LogP contribution in [0.15, 0.2) is 47.4 Å². The smallest absolute Gasteiger partial charge is 0.283 e. The van der Waals surface area contributed by atoms with E-state index >= 15 is 0 Å². The molecule has 2 aromatic heterocycles. The van der Waals surface area contributed by atoms with Gasteiger partial charge in [-0.05, 0) is 30.2 Å². The Kier molecular flexibility index (Phi) is 5.48. The molecule has 0 N–H and O–H groups in total. The van der Waals surface area contributed by atoms with E-state index in [2.05, 4.69) is 9.97 Å². The summed E-state index contributed by atoms with van der Waals surface area (Å²) >= 11 is 0. The third kappa shape index (κ3) is 3.77. The monoisotopic (exact) mass is 409 g/mol. The summed E-state index contributed by atoms with van der Waals surface area (Å²) in [5.74, 6) is -0.462. The molecule has 7 nitrogen and oxygen atoms in total. The van der Waals surface area contributed by atoms with Gasteiger partial charge < -0.3 is 9.80 Å². The van der Waals surface area contributed by atoms with Crippen molar-refractivity contribution in [2.24, 2.45) is 5.92 Å². The fourth-order valence-electron chi connectivity index (χ4n) is 3.76. The molecule has 0 bridgehead atoms. The Labute approximate surface area is 173 Å². The Morgan fingerprint density at radius 1 is 1.10 bits per heavy atom. The first kappa shape index (κ1) is 20.0. The van der Waals surface area contributed by atoms with Crippen LogP contribution in [-0.4, -0.2) is 51.5 Å². The van der Waals surface area contributed by atoms with Crippen molar-refractivity contribution in [3.8, 4) is 0 Å². The first-order chi connectivity index (χ1) is 14.5. The highest BCUT2D eigenvalue weighted by Crippen LogP contribution is 2.20. The van der Waals surface area contributed by atoms with E-state index in [0.29, 0.717) is 49.6 Å². The maximum absolute atomic E-state index is 14.1. The Hall–Kier alpha value is -3.29. The lowest BCUT2D eigenvalue weighted by atomic mass is 10.2. The zero-order valence-corrected chi connectivity index (χ0v) is 17.1. The van der Waals surface area contributed by atoms with Gasteiger partial charge in [0.25, 0.3) is 11.5 Å². The standard InChI is InChI=1S/C22H24FN5O2/c1-15(2)14-28-20-17(7-5-9-24-20)25-19(22(28)30)21(29)27-12-10-26(11-13-27)18-8-4-3-6-16(18)23/h3-9,15H,10-14H2,1-2H3. The molecular formula is C22H24FN5O2. The molecule has 0 saturated carbocycles. The maximum Gasteiger partial charge on any atom is 0.283 e. The van der Waals surface area contributed by atoms with Gasteiger partial charge >= 0.3 is 0 Å². The number of hydrogen-bond acceptors (Lipinski definition) is 5. The molecule has 0 atom stereocenters. The molecular weight excluding hydrogens is 385 g/mol. The van der Waals surface area contributed by atoms with Crippen LogP contribution < -0.4 is 10.5 Å². The van der Waals surface area contributed by atoms with Crippen molar-refractivity contribution in [1.82, 2.24) is 19.4 Å². The zero-order valence-electron chi connectivity index (χ0n) is 17.1. The molecule has 8 heteroatoms. The van der Waals surface area contributed by atoms with E-state index < -0.39 is 11.5 Å². The number of benzene rings is 1. The van der Waals surface area contributed by atoms with Crippen LogP contribution in [0, 0.1) is 11.7 Å². The predicted molar refractivity (Wildman–Crippen MR) is 113 cm³/mol. The third-order valence-corrected chi connectivity index (χ3v) is 5.21. The van der Waals surface area contributed by atoms with Crippen molar-refractivity contribution in [2.75, 3.05) is 31.1 Å². The number of carbonyl (C=O) groups excluding carboxylic acids is 1. The van der Waals surface area contributed by atoms with Gasteiger partial charge in [0.15, 0.2) is 11.3 Å². The highest BCUT2D eigenvalue weighted by atomic mass is 19.1. The molecule has 3 heterocycles. The molecule has 1 aliphatic rings. The lowest BCUT2D eigenvalue weighted by Gasteiger charge is -2.36. The van der Waals surface area contributed by atoms with Gasteiger partial charge in [0.05, 0.1) is 5.69 Å². The maximum atomic E-state index is 14.1. The molecule has 1 fully saturated rings. The van der Waals surface area contributed by atoms with Crippen LogP contribution in [-0.2, 0) is 6.54 Å². The fraction of sp³-hybridized carbons (Fsp3) is 0.364. The SMILES string of the molecule is CC(C)Cn1c(=O)c(C(=O)N2CCN(c3ccccc3F)CC2)nc2cccnc21. The quantitative estimate of drug-likeness (QED) is 0.662. The molecule has 1 saturated heterocycles. The van der Waals surface area contributed by atoms with Crippen molar-refractivity contribution < 1.29 is 9.18 Å². The van der Waals surface area contributed by atoms with E-state index in [4.69, 9.17) is 0 Å². The van der Waals surface area contributed by atoms with Crippen LogP contribution in [0.4, 0.5) is 10.1 Å². The minimum absolute atomic E-state index is 0.0875. The van der Waals surface area contributed by atoms with E-state index in [9.17, 15) is 14.0 Å². The molecule has 30 heavy (non-hydrogen) atoms. The van der Waals surface area contributed by atoms with Crippen molar-refractivity contribution in [2.45, 2.75) is 20.4 Å². The van der Waals surface area contributed by atoms with Crippen LogP contribution >= 0.6 is 0 Å². The number of carbonyl (C=O) groups is 1. The van der Waals surface area contributed by atoms with Crippen LogP contribution in [0.2, 0.25) is 0 Å². The number of fused-ring (bicyclic) bond motifs is 1. The summed E-state index contributed by atoms with van der Waals surface area (Å²) in [4.78, 5) is 38.4. The molecule has 0 aliphatic carbocycles. The van der Waals surface area contributed by atoms with Crippen molar-refractivity contribution in [3.63, 3.8) is 0 Å². The first-order valence-corrected chi connectivity index (χ1v) is 10.1. The number of piperazine rings is 1. The van der Waals surface area contributed by atoms with Crippen molar-refractivity contribution in [3.05, 3.63) is 64.5 Å². The Morgan fingerprint density at radius 3 is 2.53 bits per heavy atom. The van der Waals surface area contributed by atoms with Crippen LogP contribution in [0.3, 0.4) is 0 Å². The number of hydrogen-bond donors (Lipinski definition) is 0. The Bertz CT molecular complexity index is 1140. The van der Waals surface area contributed by atoms with E-state index in [1.807, 2.05) is 18.7 Å². The molecule has 1 aliphatic heterocycles. The lowest BCUT2D eigenvalue weighted by molar-refractivity contribution is 0.0738. The van der Waals surface area contributed by atoms with E-state index in [-0.39, 0.29) is 17.4 Å². The Balaban J connectivity index is 1.60. The second-order valence-corrected chi connectivity index (χ2v) is 7.85. The third-order valence-electron chi connectivity index (χ3n) is 5.21. The molecule has 4 rings (SSSR count). The summed E-state index contributed by atoms with van der Waals surface area (Å²) in [5.41, 5.74) is 1.02. The van der Waals surface area contributed by atoms with Gasteiger partial charge in [-0.3, -0.25) is 14.2 Å². The molecule has 1 aromatic carbocycles. The van der Waals surface area contributed by atoms with E-state index in [1.165, 1.54) is 10.6 Å². The van der Waals surface area contributed by atoms with Gasteiger partial charge in [-0.1, -0.05) is 26.0 Å². The van der Waals surface area contributed by atoms with E-state index in [1.54, 1.807) is 41.4 Å². The Morgan fingerprint density at radius 2 is 1.83 bits per heavy atom. The van der Waals surface area contributed by atoms with Crippen LogP contribution in [0.5, 0.6) is 0 Å². The minimum atomic E-state index is -0.420. The summed E-state index contributed by atoms with van der Waals surface area (Å²) in [7, 11) is 0. The number of pyridine rings is 1. The normalized spacial score (nSPS) is 14.5. The van der Waals surface area contributed by atoms with Gasteiger partial charge in [0.1, 0.15) is 11.3 Å². The molecule has 0 spiro atoms. The number of para-hydroxylation sites is 1. The van der Waals surface area contributed by atoms with Crippen molar-refractivity contribution >= 4 is 22.8 Å². The predicted octanol–water partition coefficient (Wildman–Crippen LogP) is 2.55. The topological polar surface area (TPSA) is 71.3 Å². The van der Waals surface area contributed by atoms with Gasteiger partial charge in [0, 0.05) is 38.9 Å². The summed E-state index contributed by atoms with van der Waals surface area (Å²) in [6, 6.07) is 10.1. The average molecular weight is 409 g/mol. The van der Waals surface area contributed by atoms with Gasteiger partial charge in [0.2, 0.25) is 0 Å². The second-order valence-electron chi connectivity index (χ2n) is 7.85. The summed E-state index contributed by atoms with van der Waals surface area (Å²) in [6.45, 7) is 6.23. The zero-order chi connectivity index (χ0) is 21.3. The highest BCUT2D eigenvalue weighted by Gasteiger charge is 2.27. The van der Waals surface area contributed by atoms with Crippen molar-refractivity contribution in [1.29, 1.82) is 0 Å². The van der Waals surface area contributed by atoms with Gasteiger partial charge in [-0.2, -0.15) is 0 Å². The molecule has 0 unspecified atom stereocenters. The minimum Gasteiger partial charge on any atom is -0.366 e. The fourth-order valence-corrected chi connectivity index (χ4v) is 3.76.